The van der Waals surface area contributed by atoms with Crippen molar-refractivity contribution in [3.05, 3.63) is 0 Å². The number of hydrogen-bond donors (Lipinski definition) is 1. The zero-order valence-electron chi connectivity index (χ0n) is 11.0. The maximum atomic E-state index is 12.5. The summed E-state index contributed by atoms with van der Waals surface area (Å²) in [6, 6.07) is 2.09. The van der Waals surface area contributed by atoms with Gasteiger partial charge in [0.25, 0.3) is 0 Å². The molecule has 0 aromatic rings. The molecule has 0 aliphatic carbocycles. The summed E-state index contributed by atoms with van der Waals surface area (Å²) in [6.07, 6.45) is 4.28. The molecule has 1 N–H and O–H groups in total. The van der Waals surface area contributed by atoms with Gasteiger partial charge in [0.2, 0.25) is 5.91 Å². The average Bonchev–Trinajstić information content (AvgIpc) is 2.36. The van der Waals surface area contributed by atoms with Crippen molar-refractivity contribution in [2.75, 3.05) is 26.7 Å². The monoisotopic (exact) mass is 237 g/mol. The first-order chi connectivity index (χ1) is 8.16. The summed E-state index contributed by atoms with van der Waals surface area (Å²) >= 11 is 0. The van der Waals surface area contributed by atoms with Gasteiger partial charge in [0.05, 0.1) is 17.9 Å². The number of carbonyl (C=O) groups is 1. The quantitative estimate of drug-likeness (QED) is 0.789. The van der Waals surface area contributed by atoms with Gasteiger partial charge < -0.3 is 10.2 Å². The minimum Gasteiger partial charge on any atom is -0.344 e. The van der Waals surface area contributed by atoms with Crippen LogP contribution in [0.4, 0.5) is 0 Å². The van der Waals surface area contributed by atoms with Crippen molar-refractivity contribution in [1.29, 1.82) is 5.26 Å². The predicted octanol–water partition coefficient (Wildman–Crippen LogP) is 1.53. The first kappa shape index (κ1) is 14.0. The molecular weight excluding hydrogens is 214 g/mol. The summed E-state index contributed by atoms with van der Waals surface area (Å²) in [7, 11) is 1.82. The third kappa shape index (κ3) is 3.44. The van der Waals surface area contributed by atoms with Crippen LogP contribution in [-0.2, 0) is 4.79 Å². The Morgan fingerprint density at radius 2 is 2.12 bits per heavy atom. The van der Waals surface area contributed by atoms with Crippen LogP contribution in [0.15, 0.2) is 0 Å². The van der Waals surface area contributed by atoms with E-state index in [1.807, 2.05) is 7.05 Å². The van der Waals surface area contributed by atoms with Crippen LogP contribution in [0.25, 0.3) is 0 Å². The number of piperidine rings is 1. The zero-order valence-corrected chi connectivity index (χ0v) is 11.0. The Labute approximate surface area is 104 Å². The Morgan fingerprint density at radius 1 is 1.47 bits per heavy atom. The molecule has 0 atom stereocenters. The van der Waals surface area contributed by atoms with Gasteiger partial charge in [-0.2, -0.15) is 5.26 Å². The number of nitrogens with one attached hydrogen (secondary N) is 1. The van der Waals surface area contributed by atoms with E-state index in [4.69, 9.17) is 5.26 Å². The molecule has 96 valence electrons. The second-order valence-corrected chi connectivity index (χ2v) is 4.92. The van der Waals surface area contributed by atoms with Gasteiger partial charge in [-0.05, 0) is 32.4 Å². The molecule has 4 heteroatoms. The Kier molecular flexibility index (Phi) is 5.43. The Hall–Kier alpha value is -1.08. The Bertz CT molecular complexity index is 284. The maximum Gasteiger partial charge on any atom is 0.228 e. The molecule has 1 saturated heterocycles. The highest BCUT2D eigenvalue weighted by atomic mass is 16.2. The van der Waals surface area contributed by atoms with Crippen molar-refractivity contribution < 1.29 is 4.79 Å². The number of carbonyl (C=O) groups excluding carboxylic acids is 1. The largest absolute Gasteiger partial charge is 0.344 e. The highest BCUT2D eigenvalue weighted by Gasteiger charge is 2.39. The second-order valence-electron chi connectivity index (χ2n) is 4.92. The van der Waals surface area contributed by atoms with E-state index >= 15 is 0 Å². The van der Waals surface area contributed by atoms with Crippen LogP contribution >= 0.6 is 0 Å². The molecule has 1 aliphatic heterocycles. The molecule has 1 amide bonds. The predicted molar refractivity (Wildman–Crippen MR) is 67.3 cm³/mol. The van der Waals surface area contributed by atoms with Gasteiger partial charge in [-0.1, -0.05) is 13.3 Å². The highest BCUT2D eigenvalue weighted by molar-refractivity contribution is 5.82. The number of rotatable bonds is 5. The van der Waals surface area contributed by atoms with E-state index in [0.717, 1.165) is 38.8 Å². The lowest BCUT2D eigenvalue weighted by molar-refractivity contribution is -0.143. The second kappa shape index (κ2) is 6.61. The lowest BCUT2D eigenvalue weighted by atomic mass is 9.74. The van der Waals surface area contributed by atoms with Gasteiger partial charge in [-0.15, -0.1) is 0 Å². The van der Waals surface area contributed by atoms with E-state index in [0.29, 0.717) is 13.0 Å². The summed E-state index contributed by atoms with van der Waals surface area (Å²) in [4.78, 5) is 14.2. The van der Waals surface area contributed by atoms with Gasteiger partial charge in [-0.25, -0.2) is 0 Å². The topological polar surface area (TPSA) is 56.1 Å². The molecule has 0 saturated carbocycles. The normalized spacial score (nSPS) is 18.4. The van der Waals surface area contributed by atoms with E-state index in [2.05, 4.69) is 18.3 Å². The molecule has 1 fully saturated rings. The van der Waals surface area contributed by atoms with Crippen LogP contribution in [-0.4, -0.2) is 37.5 Å². The Balaban J connectivity index is 2.69. The smallest absolute Gasteiger partial charge is 0.228 e. The van der Waals surface area contributed by atoms with Crippen molar-refractivity contribution in [3.63, 3.8) is 0 Å². The molecule has 17 heavy (non-hydrogen) atoms. The SMILES string of the molecule is CCCC1(C(=O)N(C)CCC#N)CCNCC1. The lowest BCUT2D eigenvalue weighted by Gasteiger charge is -2.38. The fourth-order valence-electron chi connectivity index (χ4n) is 2.68. The van der Waals surface area contributed by atoms with Crippen LogP contribution < -0.4 is 5.32 Å². The average molecular weight is 237 g/mol. The fraction of sp³-hybridized carbons (Fsp3) is 0.846. The molecule has 4 nitrogen and oxygen atoms in total. The van der Waals surface area contributed by atoms with Crippen LogP contribution in [0, 0.1) is 16.7 Å². The number of nitrogens with zero attached hydrogens (tertiary/aromatic N) is 2. The van der Waals surface area contributed by atoms with Crippen molar-refractivity contribution in [2.24, 2.45) is 5.41 Å². The maximum absolute atomic E-state index is 12.5. The molecule has 1 heterocycles. The van der Waals surface area contributed by atoms with Crippen molar-refractivity contribution in [1.82, 2.24) is 10.2 Å². The number of hydrogen-bond acceptors (Lipinski definition) is 3. The number of nitriles is 1. The van der Waals surface area contributed by atoms with Gasteiger partial charge in [-0.3, -0.25) is 4.79 Å². The molecule has 0 aromatic heterocycles. The minimum absolute atomic E-state index is 0.176. The van der Waals surface area contributed by atoms with E-state index in [-0.39, 0.29) is 11.3 Å². The summed E-state index contributed by atoms with van der Waals surface area (Å²) < 4.78 is 0. The van der Waals surface area contributed by atoms with Crippen molar-refractivity contribution >= 4 is 5.91 Å². The third-order valence-electron chi connectivity index (χ3n) is 3.65. The molecule has 0 aromatic carbocycles. The summed E-state index contributed by atoms with van der Waals surface area (Å²) in [5.41, 5.74) is -0.176. The first-order valence-corrected chi connectivity index (χ1v) is 6.49. The third-order valence-corrected chi connectivity index (χ3v) is 3.65. The summed E-state index contributed by atoms with van der Waals surface area (Å²) in [5.74, 6) is 0.233. The van der Waals surface area contributed by atoms with E-state index in [1.54, 1.807) is 4.90 Å². The van der Waals surface area contributed by atoms with Gasteiger partial charge in [0.15, 0.2) is 0 Å². The molecule has 0 radical (unpaired) electrons. The summed E-state index contributed by atoms with van der Waals surface area (Å²) in [5, 5.41) is 11.9. The fourth-order valence-corrected chi connectivity index (χ4v) is 2.68. The van der Waals surface area contributed by atoms with Crippen LogP contribution in [0.5, 0.6) is 0 Å². The van der Waals surface area contributed by atoms with E-state index in [9.17, 15) is 4.79 Å². The van der Waals surface area contributed by atoms with Crippen molar-refractivity contribution in [2.45, 2.75) is 39.0 Å². The molecule has 1 aliphatic rings. The van der Waals surface area contributed by atoms with Gasteiger partial charge >= 0.3 is 0 Å². The van der Waals surface area contributed by atoms with Crippen LogP contribution in [0.1, 0.15) is 39.0 Å². The van der Waals surface area contributed by atoms with Gasteiger partial charge in [0, 0.05) is 13.6 Å². The zero-order chi connectivity index (χ0) is 12.7. The van der Waals surface area contributed by atoms with Gasteiger partial charge in [0.1, 0.15) is 0 Å². The summed E-state index contributed by atoms with van der Waals surface area (Å²) in [6.45, 7) is 4.54. The van der Waals surface area contributed by atoms with Crippen LogP contribution in [0.2, 0.25) is 0 Å². The van der Waals surface area contributed by atoms with E-state index in [1.165, 1.54) is 0 Å². The standard InChI is InChI=1S/C13H23N3O/c1-3-5-13(6-9-15-10-7-13)12(17)16(2)11-4-8-14/h15H,3-7,9-11H2,1-2H3. The molecule has 0 bridgehead atoms. The minimum atomic E-state index is -0.176. The Morgan fingerprint density at radius 3 is 2.65 bits per heavy atom. The van der Waals surface area contributed by atoms with Crippen LogP contribution in [0.3, 0.4) is 0 Å². The molecule has 0 spiro atoms. The molecular formula is C13H23N3O. The van der Waals surface area contributed by atoms with E-state index < -0.39 is 0 Å². The highest BCUT2D eigenvalue weighted by Crippen LogP contribution is 2.35. The first-order valence-electron chi connectivity index (χ1n) is 6.49. The number of amides is 1. The molecule has 1 rings (SSSR count). The lowest BCUT2D eigenvalue weighted by Crippen LogP contribution is -2.48. The molecule has 0 unspecified atom stereocenters. The van der Waals surface area contributed by atoms with Crippen molar-refractivity contribution in [3.8, 4) is 6.07 Å².